The van der Waals surface area contributed by atoms with Crippen LogP contribution in [0.15, 0.2) is 43.0 Å². The van der Waals surface area contributed by atoms with Gasteiger partial charge in [0.15, 0.2) is 11.5 Å². The lowest BCUT2D eigenvalue weighted by atomic mass is 10.2. The van der Waals surface area contributed by atoms with Gasteiger partial charge in [0.2, 0.25) is 0 Å². The first kappa shape index (κ1) is 16.5. The second-order valence-corrected chi connectivity index (χ2v) is 6.18. The fourth-order valence-corrected chi connectivity index (χ4v) is 3.03. The Morgan fingerprint density at radius 2 is 2.08 bits per heavy atom. The summed E-state index contributed by atoms with van der Waals surface area (Å²) in [6, 6.07) is 6.05. The van der Waals surface area contributed by atoms with Crippen LogP contribution < -0.4 is 20.1 Å². The van der Waals surface area contributed by atoms with Crippen LogP contribution in [0.3, 0.4) is 0 Å². The number of anilines is 1. The molecule has 0 aliphatic carbocycles. The van der Waals surface area contributed by atoms with Crippen LogP contribution in [0.2, 0.25) is 0 Å². The van der Waals surface area contributed by atoms with Crippen molar-refractivity contribution < 1.29 is 9.47 Å². The minimum atomic E-state index is 0.141. The topological polar surface area (TPSA) is 81.2 Å². The highest BCUT2D eigenvalue weighted by atomic mass is 16.5. The van der Waals surface area contributed by atoms with Crippen LogP contribution in [0.1, 0.15) is 12.0 Å². The molecule has 134 valence electrons. The largest absolute Gasteiger partial charge is 0.491 e. The van der Waals surface area contributed by atoms with Crippen LogP contribution in [0.25, 0.3) is 11.0 Å². The van der Waals surface area contributed by atoms with E-state index in [1.807, 2.05) is 18.2 Å². The molecule has 4 rings (SSSR count). The van der Waals surface area contributed by atoms with Crippen LogP contribution in [0, 0.1) is 0 Å². The highest BCUT2D eigenvalue weighted by molar-refractivity contribution is 5.74. The van der Waals surface area contributed by atoms with Gasteiger partial charge in [-0.2, -0.15) is 0 Å². The Hall–Kier alpha value is -2.93. The van der Waals surface area contributed by atoms with Crippen molar-refractivity contribution in [2.24, 2.45) is 0 Å². The zero-order valence-electron chi connectivity index (χ0n) is 14.6. The summed E-state index contributed by atoms with van der Waals surface area (Å²) in [5, 5.41) is 6.72. The molecule has 0 radical (unpaired) electrons. The number of pyridine rings is 1. The number of hydrogen-bond acceptors (Lipinski definition) is 7. The summed E-state index contributed by atoms with van der Waals surface area (Å²) >= 11 is 0. The SMILES string of the molecule is COc1cncc(NCc2ccc3nccnc3c2)c1OC1CCNC1. The van der Waals surface area contributed by atoms with E-state index >= 15 is 0 Å². The number of nitrogens with zero attached hydrogens (tertiary/aromatic N) is 3. The zero-order chi connectivity index (χ0) is 17.8. The molecular formula is C19H21N5O2. The van der Waals surface area contributed by atoms with Gasteiger partial charge in [-0.3, -0.25) is 15.0 Å². The molecule has 7 heteroatoms. The van der Waals surface area contributed by atoms with Crippen molar-refractivity contribution in [3.05, 3.63) is 48.5 Å². The average molecular weight is 351 g/mol. The van der Waals surface area contributed by atoms with Gasteiger partial charge in [0, 0.05) is 25.5 Å². The predicted octanol–water partition coefficient (Wildman–Crippen LogP) is 2.39. The molecule has 2 N–H and O–H groups in total. The van der Waals surface area contributed by atoms with Crippen molar-refractivity contribution in [3.63, 3.8) is 0 Å². The van der Waals surface area contributed by atoms with E-state index in [1.165, 1.54) is 0 Å². The first-order valence-corrected chi connectivity index (χ1v) is 8.66. The standard InChI is InChI=1S/C19H21N5O2/c1-25-18-12-21-11-17(19(18)26-14-4-5-20-10-14)24-9-13-2-3-15-16(8-13)23-7-6-22-15/h2-3,6-8,11-12,14,20,24H,4-5,9-10H2,1H3. The molecule has 0 spiro atoms. The molecule has 3 aromatic rings. The average Bonchev–Trinajstić information content (AvgIpc) is 3.20. The maximum atomic E-state index is 6.17. The number of fused-ring (bicyclic) bond motifs is 1. The van der Waals surface area contributed by atoms with Gasteiger partial charge in [0.05, 0.1) is 36.2 Å². The summed E-state index contributed by atoms with van der Waals surface area (Å²) in [5.41, 5.74) is 3.69. The van der Waals surface area contributed by atoms with E-state index in [1.54, 1.807) is 31.9 Å². The zero-order valence-corrected chi connectivity index (χ0v) is 14.6. The van der Waals surface area contributed by atoms with Crippen LogP contribution in [0.4, 0.5) is 5.69 Å². The van der Waals surface area contributed by atoms with E-state index in [2.05, 4.69) is 25.6 Å². The fourth-order valence-electron chi connectivity index (χ4n) is 3.03. The number of benzene rings is 1. The third-order valence-electron chi connectivity index (χ3n) is 4.40. The molecule has 1 atom stereocenters. The second-order valence-electron chi connectivity index (χ2n) is 6.18. The highest BCUT2D eigenvalue weighted by Crippen LogP contribution is 2.35. The van der Waals surface area contributed by atoms with Crippen molar-refractivity contribution in [1.82, 2.24) is 20.3 Å². The minimum absolute atomic E-state index is 0.141. The van der Waals surface area contributed by atoms with Crippen molar-refractivity contribution >= 4 is 16.7 Å². The minimum Gasteiger partial charge on any atom is -0.491 e. The van der Waals surface area contributed by atoms with Crippen LogP contribution in [0.5, 0.6) is 11.5 Å². The van der Waals surface area contributed by atoms with E-state index in [9.17, 15) is 0 Å². The van der Waals surface area contributed by atoms with Gasteiger partial charge in [0.1, 0.15) is 6.10 Å². The lowest BCUT2D eigenvalue weighted by Gasteiger charge is -2.19. The summed E-state index contributed by atoms with van der Waals surface area (Å²) in [5.74, 6) is 1.34. The van der Waals surface area contributed by atoms with Crippen molar-refractivity contribution in [1.29, 1.82) is 0 Å². The third-order valence-corrected chi connectivity index (χ3v) is 4.40. The third kappa shape index (κ3) is 3.52. The Labute approximate surface area is 151 Å². The normalized spacial score (nSPS) is 16.6. The summed E-state index contributed by atoms with van der Waals surface area (Å²) in [4.78, 5) is 12.9. The number of hydrogen-bond donors (Lipinski definition) is 2. The first-order chi connectivity index (χ1) is 12.8. The van der Waals surface area contributed by atoms with Crippen molar-refractivity contribution in [2.45, 2.75) is 19.1 Å². The lowest BCUT2D eigenvalue weighted by Crippen LogP contribution is -2.20. The summed E-state index contributed by atoms with van der Waals surface area (Å²) < 4.78 is 11.6. The van der Waals surface area contributed by atoms with Gasteiger partial charge in [-0.15, -0.1) is 0 Å². The Morgan fingerprint density at radius 1 is 1.19 bits per heavy atom. The van der Waals surface area contributed by atoms with Gasteiger partial charge in [-0.05, 0) is 30.7 Å². The second kappa shape index (κ2) is 7.53. The molecule has 1 fully saturated rings. The fraction of sp³-hybridized carbons (Fsp3) is 0.316. The molecule has 1 aliphatic rings. The maximum Gasteiger partial charge on any atom is 0.187 e. The molecule has 3 heterocycles. The molecular weight excluding hydrogens is 330 g/mol. The molecule has 0 amide bonds. The Kier molecular flexibility index (Phi) is 4.79. The first-order valence-electron chi connectivity index (χ1n) is 8.66. The summed E-state index contributed by atoms with van der Waals surface area (Å²) in [7, 11) is 1.63. The van der Waals surface area contributed by atoms with Crippen LogP contribution >= 0.6 is 0 Å². The molecule has 26 heavy (non-hydrogen) atoms. The number of aromatic nitrogens is 3. The van der Waals surface area contributed by atoms with Crippen molar-refractivity contribution in [3.8, 4) is 11.5 Å². The van der Waals surface area contributed by atoms with Gasteiger partial charge in [-0.1, -0.05) is 6.07 Å². The monoisotopic (exact) mass is 351 g/mol. The van der Waals surface area contributed by atoms with Crippen LogP contribution in [-0.4, -0.2) is 41.3 Å². The van der Waals surface area contributed by atoms with E-state index in [4.69, 9.17) is 9.47 Å². The van der Waals surface area contributed by atoms with Crippen molar-refractivity contribution in [2.75, 3.05) is 25.5 Å². The lowest BCUT2D eigenvalue weighted by molar-refractivity contribution is 0.213. The Morgan fingerprint density at radius 3 is 2.88 bits per heavy atom. The van der Waals surface area contributed by atoms with E-state index in [-0.39, 0.29) is 6.10 Å². The highest BCUT2D eigenvalue weighted by Gasteiger charge is 2.20. The molecule has 2 aromatic heterocycles. The van der Waals surface area contributed by atoms with Gasteiger partial charge in [-0.25, -0.2) is 0 Å². The van der Waals surface area contributed by atoms with E-state index in [0.29, 0.717) is 18.0 Å². The summed E-state index contributed by atoms with van der Waals surface area (Å²) in [6.07, 6.45) is 7.96. The van der Waals surface area contributed by atoms with Gasteiger partial charge < -0.3 is 20.1 Å². The van der Waals surface area contributed by atoms with E-state index < -0.39 is 0 Å². The molecule has 1 aliphatic heterocycles. The number of methoxy groups -OCH3 is 1. The van der Waals surface area contributed by atoms with Crippen LogP contribution in [-0.2, 0) is 6.54 Å². The molecule has 7 nitrogen and oxygen atoms in total. The number of rotatable bonds is 6. The Bertz CT molecular complexity index is 896. The molecule has 1 aromatic carbocycles. The molecule has 0 saturated carbocycles. The smallest absolute Gasteiger partial charge is 0.187 e. The molecule has 0 bridgehead atoms. The molecule has 1 saturated heterocycles. The van der Waals surface area contributed by atoms with Gasteiger partial charge in [0.25, 0.3) is 0 Å². The molecule has 1 unspecified atom stereocenters. The van der Waals surface area contributed by atoms with E-state index in [0.717, 1.165) is 41.8 Å². The van der Waals surface area contributed by atoms with Gasteiger partial charge >= 0.3 is 0 Å². The maximum absolute atomic E-state index is 6.17. The predicted molar refractivity (Wildman–Crippen MR) is 99.6 cm³/mol. The quantitative estimate of drug-likeness (QED) is 0.706. The number of nitrogens with one attached hydrogen (secondary N) is 2. The number of ether oxygens (including phenoxy) is 2. The summed E-state index contributed by atoms with van der Waals surface area (Å²) in [6.45, 7) is 2.44. The Balaban J connectivity index is 1.54.